The summed E-state index contributed by atoms with van der Waals surface area (Å²) in [7, 11) is 0. The number of aromatic nitrogens is 3. The highest BCUT2D eigenvalue weighted by Gasteiger charge is 2.05. The summed E-state index contributed by atoms with van der Waals surface area (Å²) in [4.78, 5) is 12.0. The number of hydrogen-bond acceptors (Lipinski definition) is 6. The summed E-state index contributed by atoms with van der Waals surface area (Å²) < 4.78 is 6.36. The second kappa shape index (κ2) is 5.80. The largest absolute Gasteiger partial charge is 0.464 e. The van der Waals surface area contributed by atoms with E-state index in [-0.39, 0.29) is 12.0 Å². The van der Waals surface area contributed by atoms with Gasteiger partial charge in [0.15, 0.2) is 0 Å². The lowest BCUT2D eigenvalue weighted by Gasteiger charge is -2.07. The van der Waals surface area contributed by atoms with Crippen molar-refractivity contribution in [3.8, 4) is 6.01 Å². The minimum absolute atomic E-state index is 0.126. The van der Waals surface area contributed by atoms with Crippen molar-refractivity contribution in [3.05, 3.63) is 27.8 Å². The van der Waals surface area contributed by atoms with Crippen LogP contribution in [0, 0.1) is 3.57 Å². The Morgan fingerprint density at radius 2 is 1.94 bits per heavy atom. The van der Waals surface area contributed by atoms with E-state index in [1.807, 2.05) is 31.2 Å². The number of anilines is 3. The first-order valence-electron chi connectivity index (χ1n) is 5.34. The van der Waals surface area contributed by atoms with Gasteiger partial charge in [0.1, 0.15) is 0 Å². The van der Waals surface area contributed by atoms with E-state index in [9.17, 15) is 0 Å². The molecule has 6 nitrogen and oxygen atoms in total. The number of nitrogen functional groups attached to an aromatic ring is 1. The lowest BCUT2D eigenvalue weighted by molar-refractivity contribution is 0.312. The van der Waals surface area contributed by atoms with Crippen LogP contribution in [-0.4, -0.2) is 21.6 Å². The first-order valence-corrected chi connectivity index (χ1v) is 6.42. The molecule has 0 saturated heterocycles. The van der Waals surface area contributed by atoms with Gasteiger partial charge in [-0.05, 0) is 53.8 Å². The molecule has 2 rings (SSSR count). The molecule has 0 unspecified atom stereocenters. The van der Waals surface area contributed by atoms with Crippen molar-refractivity contribution in [2.75, 3.05) is 17.7 Å². The van der Waals surface area contributed by atoms with Crippen molar-refractivity contribution >= 4 is 40.2 Å². The van der Waals surface area contributed by atoms with Crippen LogP contribution in [0.25, 0.3) is 0 Å². The first kappa shape index (κ1) is 12.8. The maximum absolute atomic E-state index is 5.58. The molecule has 0 saturated carbocycles. The van der Waals surface area contributed by atoms with Crippen molar-refractivity contribution in [3.63, 3.8) is 0 Å². The van der Waals surface area contributed by atoms with Gasteiger partial charge in [0.2, 0.25) is 11.9 Å². The molecule has 0 fully saturated rings. The third kappa shape index (κ3) is 3.42. The van der Waals surface area contributed by atoms with Crippen LogP contribution < -0.4 is 15.8 Å². The summed E-state index contributed by atoms with van der Waals surface area (Å²) in [5, 5.41) is 3.05. The summed E-state index contributed by atoms with van der Waals surface area (Å²) in [5.74, 6) is 0.494. The van der Waals surface area contributed by atoms with Gasteiger partial charge in [-0.25, -0.2) is 0 Å². The Morgan fingerprint density at radius 1 is 1.22 bits per heavy atom. The highest BCUT2D eigenvalue weighted by molar-refractivity contribution is 14.1. The average molecular weight is 357 g/mol. The van der Waals surface area contributed by atoms with E-state index < -0.39 is 0 Å². The van der Waals surface area contributed by atoms with Crippen LogP contribution in [0.1, 0.15) is 6.92 Å². The Kier molecular flexibility index (Phi) is 4.13. The van der Waals surface area contributed by atoms with Gasteiger partial charge < -0.3 is 15.8 Å². The Balaban J connectivity index is 2.20. The third-order valence-corrected chi connectivity index (χ3v) is 2.73. The molecule has 7 heteroatoms. The van der Waals surface area contributed by atoms with Crippen molar-refractivity contribution in [2.45, 2.75) is 6.92 Å². The topological polar surface area (TPSA) is 86.0 Å². The number of hydrogen-bond donors (Lipinski definition) is 2. The Bertz CT molecular complexity index is 531. The summed E-state index contributed by atoms with van der Waals surface area (Å²) in [5.41, 5.74) is 6.46. The number of halogens is 1. The van der Waals surface area contributed by atoms with Gasteiger partial charge in [0.25, 0.3) is 0 Å². The van der Waals surface area contributed by atoms with Crippen LogP contribution in [0.2, 0.25) is 0 Å². The highest BCUT2D eigenvalue weighted by atomic mass is 127. The number of nitrogens with zero attached hydrogens (tertiary/aromatic N) is 3. The van der Waals surface area contributed by atoms with Gasteiger partial charge in [-0.2, -0.15) is 15.0 Å². The van der Waals surface area contributed by atoms with Crippen LogP contribution in [0.4, 0.5) is 17.6 Å². The molecular formula is C11H12IN5O. The van der Waals surface area contributed by atoms with Crippen molar-refractivity contribution in [2.24, 2.45) is 0 Å². The minimum Gasteiger partial charge on any atom is -0.464 e. The Hall–Kier alpha value is -1.64. The normalized spacial score (nSPS) is 10.1. The molecule has 18 heavy (non-hydrogen) atoms. The number of nitrogens with two attached hydrogens (primary N) is 1. The smallest absolute Gasteiger partial charge is 0.323 e. The van der Waals surface area contributed by atoms with Crippen LogP contribution in [0.3, 0.4) is 0 Å². The molecule has 0 spiro atoms. The number of nitrogens with one attached hydrogen (secondary N) is 1. The maximum atomic E-state index is 5.58. The van der Waals surface area contributed by atoms with E-state index in [2.05, 4.69) is 42.9 Å². The third-order valence-electron chi connectivity index (χ3n) is 2.01. The van der Waals surface area contributed by atoms with Crippen LogP contribution in [-0.2, 0) is 0 Å². The molecule has 0 amide bonds. The molecule has 1 aromatic carbocycles. The lowest BCUT2D eigenvalue weighted by atomic mass is 10.3. The zero-order valence-corrected chi connectivity index (χ0v) is 11.9. The molecule has 1 aromatic heterocycles. The maximum Gasteiger partial charge on any atom is 0.323 e. The molecule has 1 heterocycles. The van der Waals surface area contributed by atoms with E-state index in [0.717, 1.165) is 9.26 Å². The molecule has 94 valence electrons. The predicted molar refractivity (Wildman–Crippen MR) is 77.9 cm³/mol. The van der Waals surface area contributed by atoms with Gasteiger partial charge in [-0.3, -0.25) is 0 Å². The minimum atomic E-state index is 0.126. The number of ether oxygens (including phenoxy) is 1. The van der Waals surface area contributed by atoms with Gasteiger partial charge >= 0.3 is 6.01 Å². The van der Waals surface area contributed by atoms with E-state index >= 15 is 0 Å². The monoisotopic (exact) mass is 357 g/mol. The van der Waals surface area contributed by atoms with Crippen molar-refractivity contribution < 1.29 is 4.74 Å². The molecule has 2 aromatic rings. The zero-order valence-electron chi connectivity index (χ0n) is 9.72. The molecule has 0 aliphatic rings. The molecule has 3 N–H and O–H groups in total. The fourth-order valence-electron chi connectivity index (χ4n) is 1.28. The highest BCUT2D eigenvalue weighted by Crippen LogP contribution is 2.16. The fraction of sp³-hybridized carbons (Fsp3) is 0.182. The van der Waals surface area contributed by atoms with Crippen molar-refractivity contribution in [1.82, 2.24) is 15.0 Å². The fourth-order valence-corrected chi connectivity index (χ4v) is 1.64. The van der Waals surface area contributed by atoms with Gasteiger partial charge in [0.05, 0.1) is 6.61 Å². The second-order valence-electron chi connectivity index (χ2n) is 3.36. The van der Waals surface area contributed by atoms with E-state index in [1.165, 1.54) is 0 Å². The number of rotatable bonds is 4. The standard InChI is InChI=1S/C11H12IN5O/c1-2-18-11-16-9(13)15-10(17-11)14-8-5-3-7(12)4-6-8/h3-6H,2H2,1H3,(H3,13,14,15,16,17). The zero-order chi connectivity index (χ0) is 13.0. The molecule has 0 atom stereocenters. The lowest BCUT2D eigenvalue weighted by Crippen LogP contribution is -2.06. The van der Waals surface area contributed by atoms with E-state index in [4.69, 9.17) is 10.5 Å². The predicted octanol–water partition coefficient (Wildman–Crippen LogP) is 2.20. The Labute approximate surface area is 118 Å². The second-order valence-corrected chi connectivity index (χ2v) is 4.61. The van der Waals surface area contributed by atoms with Gasteiger partial charge in [-0.15, -0.1) is 0 Å². The average Bonchev–Trinajstić information content (AvgIpc) is 2.32. The molecule has 0 aliphatic carbocycles. The summed E-state index contributed by atoms with van der Waals surface area (Å²) in [6.07, 6.45) is 0. The summed E-state index contributed by atoms with van der Waals surface area (Å²) in [6, 6.07) is 8.05. The SMILES string of the molecule is CCOc1nc(N)nc(Nc2ccc(I)cc2)n1. The van der Waals surface area contributed by atoms with Gasteiger partial charge in [-0.1, -0.05) is 0 Å². The van der Waals surface area contributed by atoms with Crippen LogP contribution in [0.15, 0.2) is 24.3 Å². The molecule has 0 aliphatic heterocycles. The van der Waals surface area contributed by atoms with Gasteiger partial charge in [0, 0.05) is 9.26 Å². The van der Waals surface area contributed by atoms with Crippen LogP contribution >= 0.6 is 22.6 Å². The number of benzene rings is 1. The molecular weight excluding hydrogens is 345 g/mol. The van der Waals surface area contributed by atoms with E-state index in [0.29, 0.717) is 12.6 Å². The quantitative estimate of drug-likeness (QED) is 0.816. The molecule has 0 bridgehead atoms. The first-order chi connectivity index (χ1) is 8.67. The van der Waals surface area contributed by atoms with Crippen molar-refractivity contribution in [1.29, 1.82) is 0 Å². The Morgan fingerprint density at radius 3 is 2.61 bits per heavy atom. The molecule has 0 radical (unpaired) electrons. The summed E-state index contributed by atoms with van der Waals surface area (Å²) in [6.45, 7) is 2.33. The summed E-state index contributed by atoms with van der Waals surface area (Å²) >= 11 is 2.24. The van der Waals surface area contributed by atoms with Crippen LogP contribution in [0.5, 0.6) is 6.01 Å². The van der Waals surface area contributed by atoms with E-state index in [1.54, 1.807) is 0 Å².